The maximum Gasteiger partial charge on any atom is 0.417 e. The van der Waals surface area contributed by atoms with E-state index >= 15 is 0 Å². The van der Waals surface area contributed by atoms with Crippen LogP contribution in [0.2, 0.25) is 0 Å². The van der Waals surface area contributed by atoms with Crippen molar-refractivity contribution < 1.29 is 18.0 Å². The molecule has 1 N–H and O–H groups in total. The highest BCUT2D eigenvalue weighted by molar-refractivity contribution is 8.00. The number of hydrogen-bond donors (Lipinski definition) is 1. The highest BCUT2D eigenvalue weighted by Crippen LogP contribution is 2.30. The van der Waals surface area contributed by atoms with Gasteiger partial charge in [0.1, 0.15) is 0 Å². The van der Waals surface area contributed by atoms with E-state index in [9.17, 15) is 18.0 Å². The molecule has 4 nitrogen and oxygen atoms in total. The Kier molecular flexibility index (Phi) is 5.10. The van der Waals surface area contributed by atoms with Crippen LogP contribution in [0.5, 0.6) is 0 Å². The van der Waals surface area contributed by atoms with Crippen LogP contribution in [-0.4, -0.2) is 47.2 Å². The van der Waals surface area contributed by atoms with Crippen LogP contribution in [0.1, 0.15) is 12.5 Å². The highest BCUT2D eigenvalue weighted by Gasteiger charge is 2.31. The minimum atomic E-state index is -4.39. The standard InChI is InChI=1S/C13H16F3N3OS/c1-9(12(20)19-6-4-17-5-7-19)21-11-3-2-10(8-18-11)13(14,15)16/h2-3,8-9,17H,4-7H2,1H3. The van der Waals surface area contributed by atoms with Gasteiger partial charge in [0, 0.05) is 32.4 Å². The van der Waals surface area contributed by atoms with E-state index in [-0.39, 0.29) is 11.2 Å². The van der Waals surface area contributed by atoms with Gasteiger partial charge in [-0.15, -0.1) is 0 Å². The Balaban J connectivity index is 1.95. The molecule has 0 aromatic carbocycles. The highest BCUT2D eigenvalue weighted by atomic mass is 32.2. The smallest absolute Gasteiger partial charge is 0.339 e. The summed E-state index contributed by atoms with van der Waals surface area (Å²) in [6.45, 7) is 4.59. The van der Waals surface area contributed by atoms with Gasteiger partial charge in [0.25, 0.3) is 0 Å². The molecular weight excluding hydrogens is 303 g/mol. The second-order valence-electron chi connectivity index (χ2n) is 4.72. The van der Waals surface area contributed by atoms with Gasteiger partial charge in [0.15, 0.2) is 0 Å². The van der Waals surface area contributed by atoms with Crippen molar-refractivity contribution in [1.29, 1.82) is 0 Å². The zero-order valence-corrected chi connectivity index (χ0v) is 12.3. The first-order chi connectivity index (χ1) is 9.88. The van der Waals surface area contributed by atoms with Gasteiger partial charge in [-0.2, -0.15) is 13.2 Å². The van der Waals surface area contributed by atoms with Crippen molar-refractivity contribution in [2.24, 2.45) is 0 Å². The lowest BCUT2D eigenvalue weighted by Crippen LogP contribution is -2.48. The van der Waals surface area contributed by atoms with Gasteiger partial charge in [-0.3, -0.25) is 4.79 Å². The number of carbonyl (C=O) groups excluding carboxylic acids is 1. The normalized spacial score (nSPS) is 17.6. The Morgan fingerprint density at radius 2 is 2.05 bits per heavy atom. The molecule has 1 atom stereocenters. The number of alkyl halides is 3. The van der Waals surface area contributed by atoms with Gasteiger partial charge in [-0.1, -0.05) is 11.8 Å². The molecule has 0 spiro atoms. The summed E-state index contributed by atoms with van der Waals surface area (Å²) in [6.07, 6.45) is -3.59. The van der Waals surface area contributed by atoms with Crippen molar-refractivity contribution in [3.05, 3.63) is 23.9 Å². The third-order valence-electron chi connectivity index (χ3n) is 3.14. The van der Waals surface area contributed by atoms with Crippen LogP contribution in [-0.2, 0) is 11.0 Å². The Bertz CT molecular complexity index is 486. The average molecular weight is 319 g/mol. The lowest BCUT2D eigenvalue weighted by atomic mass is 10.3. The number of hydrogen-bond acceptors (Lipinski definition) is 4. The number of aromatic nitrogens is 1. The molecule has 1 aromatic rings. The topological polar surface area (TPSA) is 45.2 Å². The monoisotopic (exact) mass is 319 g/mol. The second-order valence-corrected chi connectivity index (χ2v) is 6.08. The Hall–Kier alpha value is -1.28. The summed E-state index contributed by atoms with van der Waals surface area (Å²) in [6, 6.07) is 2.28. The molecule has 0 saturated carbocycles. The summed E-state index contributed by atoms with van der Waals surface area (Å²) < 4.78 is 37.3. The predicted octanol–water partition coefficient (Wildman–Crippen LogP) is 2.01. The van der Waals surface area contributed by atoms with Gasteiger partial charge in [-0.05, 0) is 19.1 Å². The molecule has 1 aliphatic rings. The molecule has 21 heavy (non-hydrogen) atoms. The largest absolute Gasteiger partial charge is 0.417 e. The van der Waals surface area contributed by atoms with Crippen LogP contribution >= 0.6 is 11.8 Å². The number of nitrogens with one attached hydrogen (secondary N) is 1. The number of amides is 1. The lowest BCUT2D eigenvalue weighted by molar-refractivity contribution is -0.138. The zero-order chi connectivity index (χ0) is 15.5. The van der Waals surface area contributed by atoms with Crippen molar-refractivity contribution in [2.75, 3.05) is 26.2 Å². The van der Waals surface area contributed by atoms with Crippen LogP contribution in [0.3, 0.4) is 0 Å². The van der Waals surface area contributed by atoms with Crippen LogP contribution in [0.15, 0.2) is 23.4 Å². The van der Waals surface area contributed by atoms with Crippen molar-refractivity contribution in [2.45, 2.75) is 23.4 Å². The first-order valence-corrected chi connectivity index (χ1v) is 7.45. The fraction of sp³-hybridized carbons (Fsp3) is 0.538. The van der Waals surface area contributed by atoms with Crippen molar-refractivity contribution in [3.63, 3.8) is 0 Å². The molecule has 1 aromatic heterocycles. The van der Waals surface area contributed by atoms with E-state index in [4.69, 9.17) is 0 Å². The maximum atomic E-state index is 12.4. The van der Waals surface area contributed by atoms with Crippen molar-refractivity contribution in [1.82, 2.24) is 15.2 Å². The molecule has 1 amide bonds. The average Bonchev–Trinajstić information content (AvgIpc) is 2.47. The van der Waals surface area contributed by atoms with E-state index in [0.29, 0.717) is 18.1 Å². The quantitative estimate of drug-likeness (QED) is 0.866. The fourth-order valence-corrected chi connectivity index (χ4v) is 2.86. The molecule has 0 bridgehead atoms. The van der Waals surface area contributed by atoms with E-state index in [1.807, 2.05) is 0 Å². The van der Waals surface area contributed by atoms with Crippen LogP contribution in [0.25, 0.3) is 0 Å². The minimum absolute atomic E-state index is 0.0109. The van der Waals surface area contributed by atoms with Crippen LogP contribution in [0.4, 0.5) is 13.2 Å². The SMILES string of the molecule is CC(Sc1ccc(C(F)(F)F)cn1)C(=O)N1CCNCC1. The summed E-state index contributed by atoms with van der Waals surface area (Å²) in [7, 11) is 0. The number of piperazine rings is 1. The van der Waals surface area contributed by atoms with E-state index in [0.717, 1.165) is 25.4 Å². The third-order valence-corrected chi connectivity index (χ3v) is 4.18. The van der Waals surface area contributed by atoms with E-state index < -0.39 is 11.7 Å². The molecule has 0 radical (unpaired) electrons. The molecule has 1 saturated heterocycles. The molecule has 2 rings (SSSR count). The van der Waals surface area contributed by atoms with Gasteiger partial charge < -0.3 is 10.2 Å². The molecule has 2 heterocycles. The van der Waals surface area contributed by atoms with Gasteiger partial charge in [0.2, 0.25) is 5.91 Å². The van der Waals surface area contributed by atoms with Crippen molar-refractivity contribution >= 4 is 17.7 Å². The first-order valence-electron chi connectivity index (χ1n) is 6.57. The number of pyridine rings is 1. The Labute approximate surface area is 125 Å². The molecular formula is C13H16F3N3OS. The second kappa shape index (κ2) is 6.65. The maximum absolute atomic E-state index is 12.4. The van der Waals surface area contributed by atoms with Gasteiger partial charge in [0.05, 0.1) is 15.8 Å². The number of rotatable bonds is 3. The Morgan fingerprint density at radius 1 is 1.38 bits per heavy atom. The van der Waals surface area contributed by atoms with Crippen molar-refractivity contribution in [3.8, 4) is 0 Å². The van der Waals surface area contributed by atoms with Crippen LogP contribution < -0.4 is 5.32 Å². The summed E-state index contributed by atoms with van der Waals surface area (Å²) in [4.78, 5) is 17.7. The van der Waals surface area contributed by atoms with Gasteiger partial charge >= 0.3 is 6.18 Å². The molecule has 1 unspecified atom stereocenters. The number of nitrogens with zero attached hydrogens (tertiary/aromatic N) is 2. The molecule has 8 heteroatoms. The molecule has 116 valence electrons. The minimum Gasteiger partial charge on any atom is -0.339 e. The van der Waals surface area contributed by atoms with E-state index in [1.165, 1.54) is 17.8 Å². The molecule has 1 fully saturated rings. The summed E-state index contributed by atoms with van der Waals surface area (Å²) >= 11 is 1.17. The zero-order valence-electron chi connectivity index (χ0n) is 11.5. The summed E-state index contributed by atoms with van der Waals surface area (Å²) in [5, 5.41) is 3.21. The number of halogens is 3. The van der Waals surface area contributed by atoms with Gasteiger partial charge in [-0.25, -0.2) is 4.98 Å². The number of thioether (sulfide) groups is 1. The third kappa shape index (κ3) is 4.34. The molecule has 0 aliphatic carbocycles. The fourth-order valence-electron chi connectivity index (χ4n) is 1.99. The number of carbonyl (C=O) groups is 1. The van der Waals surface area contributed by atoms with Crippen LogP contribution in [0, 0.1) is 0 Å². The summed E-state index contributed by atoms with van der Waals surface area (Å²) in [5.74, 6) is -0.0109. The Morgan fingerprint density at radius 3 is 2.57 bits per heavy atom. The molecule has 1 aliphatic heterocycles. The summed E-state index contributed by atoms with van der Waals surface area (Å²) in [5.41, 5.74) is -0.784. The first kappa shape index (κ1) is 16.1. The van der Waals surface area contributed by atoms with E-state index in [2.05, 4.69) is 10.3 Å². The lowest BCUT2D eigenvalue weighted by Gasteiger charge is -2.29. The van der Waals surface area contributed by atoms with E-state index in [1.54, 1.807) is 11.8 Å². The predicted molar refractivity (Wildman–Crippen MR) is 74.0 cm³/mol.